The average Bonchev–Trinajstić information content (AvgIpc) is 2.80. The molecule has 2 heterocycles. The Morgan fingerprint density at radius 1 is 1.47 bits per heavy atom. The van der Waals surface area contributed by atoms with Gasteiger partial charge in [-0.3, -0.25) is 0 Å². The topological polar surface area (TPSA) is 25.2 Å². The van der Waals surface area contributed by atoms with E-state index in [0.717, 1.165) is 10.2 Å². The first kappa shape index (κ1) is 10.9. The Bertz CT molecular complexity index is 409. The second kappa shape index (κ2) is 4.51. The second-order valence-electron chi connectivity index (χ2n) is 3.36. The van der Waals surface area contributed by atoms with Crippen LogP contribution in [-0.4, -0.2) is 7.05 Å². The summed E-state index contributed by atoms with van der Waals surface area (Å²) in [5.74, 6) is 0.930. The van der Waals surface area contributed by atoms with Gasteiger partial charge in [-0.25, -0.2) is 0 Å². The van der Waals surface area contributed by atoms with Gasteiger partial charge >= 0.3 is 0 Å². The van der Waals surface area contributed by atoms with Gasteiger partial charge < -0.3 is 9.73 Å². The summed E-state index contributed by atoms with van der Waals surface area (Å²) in [5, 5.41) is 7.58. The summed E-state index contributed by atoms with van der Waals surface area (Å²) >= 11 is 5.20. The number of thiophene rings is 1. The lowest BCUT2D eigenvalue weighted by Crippen LogP contribution is -2.17. The fourth-order valence-corrected chi connectivity index (χ4v) is 2.91. The lowest BCUT2D eigenvalue weighted by atomic mass is 10.0. The minimum Gasteiger partial charge on any atom is -0.466 e. The van der Waals surface area contributed by atoms with Crippen molar-refractivity contribution < 1.29 is 4.42 Å². The van der Waals surface area contributed by atoms with Gasteiger partial charge in [-0.15, -0.1) is 0 Å². The van der Waals surface area contributed by atoms with E-state index in [1.807, 2.05) is 13.1 Å². The maximum absolute atomic E-state index is 5.49. The minimum atomic E-state index is 0.126. The highest BCUT2D eigenvalue weighted by Crippen LogP contribution is 2.32. The summed E-state index contributed by atoms with van der Waals surface area (Å²) in [6, 6.07) is 2.04. The van der Waals surface area contributed by atoms with E-state index < -0.39 is 0 Å². The van der Waals surface area contributed by atoms with E-state index in [-0.39, 0.29) is 6.04 Å². The van der Waals surface area contributed by atoms with Crippen LogP contribution in [0.5, 0.6) is 0 Å². The Morgan fingerprint density at radius 3 is 2.73 bits per heavy atom. The third-order valence-electron chi connectivity index (χ3n) is 2.40. The quantitative estimate of drug-likeness (QED) is 0.930. The summed E-state index contributed by atoms with van der Waals surface area (Å²) in [7, 11) is 1.94. The van der Waals surface area contributed by atoms with Crippen LogP contribution in [0.4, 0.5) is 0 Å². The number of hydrogen-bond acceptors (Lipinski definition) is 3. The molecule has 2 aromatic rings. The molecule has 0 aliphatic rings. The number of nitrogens with one attached hydrogen (secondary N) is 1. The third-order valence-corrected chi connectivity index (χ3v) is 3.94. The smallest absolute Gasteiger partial charge is 0.139 e. The zero-order valence-corrected chi connectivity index (χ0v) is 11.0. The predicted octanol–water partition coefficient (Wildman–Crippen LogP) is 3.72. The molecular formula is C11H12BrNOS. The van der Waals surface area contributed by atoms with Crippen LogP contribution in [0.25, 0.3) is 0 Å². The number of rotatable bonds is 3. The van der Waals surface area contributed by atoms with Gasteiger partial charge in [0.15, 0.2) is 0 Å². The molecule has 0 aliphatic heterocycles. The van der Waals surface area contributed by atoms with Gasteiger partial charge in [-0.05, 0) is 57.9 Å². The van der Waals surface area contributed by atoms with Crippen LogP contribution >= 0.6 is 27.3 Å². The summed E-state index contributed by atoms with van der Waals surface area (Å²) < 4.78 is 6.50. The van der Waals surface area contributed by atoms with Gasteiger partial charge in [0.25, 0.3) is 0 Å². The Hall–Kier alpha value is -0.580. The molecule has 1 atom stereocenters. The van der Waals surface area contributed by atoms with E-state index in [1.54, 1.807) is 17.6 Å². The fourth-order valence-electron chi connectivity index (χ4n) is 1.61. The van der Waals surface area contributed by atoms with E-state index in [2.05, 4.69) is 38.9 Å². The van der Waals surface area contributed by atoms with E-state index in [9.17, 15) is 0 Å². The van der Waals surface area contributed by atoms with Crippen molar-refractivity contribution in [1.29, 1.82) is 0 Å². The van der Waals surface area contributed by atoms with Gasteiger partial charge in [0.2, 0.25) is 0 Å². The summed E-state index contributed by atoms with van der Waals surface area (Å²) in [6.07, 6.45) is 1.70. The second-order valence-corrected chi connectivity index (χ2v) is 4.96. The first-order valence-corrected chi connectivity index (χ1v) is 6.40. The lowest BCUT2D eigenvalue weighted by molar-refractivity contribution is 0.460. The van der Waals surface area contributed by atoms with Crippen LogP contribution in [0.15, 0.2) is 32.0 Å². The van der Waals surface area contributed by atoms with E-state index in [1.165, 1.54) is 11.1 Å². The maximum Gasteiger partial charge on any atom is 0.139 e. The van der Waals surface area contributed by atoms with Crippen molar-refractivity contribution in [2.24, 2.45) is 0 Å². The lowest BCUT2D eigenvalue weighted by Gasteiger charge is -2.14. The van der Waals surface area contributed by atoms with Crippen molar-refractivity contribution >= 4 is 27.3 Å². The van der Waals surface area contributed by atoms with Gasteiger partial charge in [-0.1, -0.05) is 0 Å². The van der Waals surface area contributed by atoms with Crippen molar-refractivity contribution in [2.45, 2.75) is 13.0 Å². The van der Waals surface area contributed by atoms with Crippen molar-refractivity contribution in [1.82, 2.24) is 5.32 Å². The molecule has 2 aromatic heterocycles. The van der Waals surface area contributed by atoms with Crippen LogP contribution in [0.2, 0.25) is 0 Å². The van der Waals surface area contributed by atoms with Crippen LogP contribution in [0.1, 0.15) is 22.9 Å². The Morgan fingerprint density at radius 2 is 2.27 bits per heavy atom. The van der Waals surface area contributed by atoms with Gasteiger partial charge in [0, 0.05) is 0 Å². The van der Waals surface area contributed by atoms with E-state index in [0.29, 0.717) is 0 Å². The Kier molecular flexibility index (Phi) is 3.29. The molecule has 4 heteroatoms. The molecule has 2 rings (SSSR count). The predicted molar refractivity (Wildman–Crippen MR) is 66.4 cm³/mol. The Labute approximate surface area is 101 Å². The Balaban J connectivity index is 2.41. The molecule has 2 nitrogen and oxygen atoms in total. The number of furan rings is 1. The standard InChI is InChI=1S/C11H12BrNOS/c1-7-5-15-6-8(7)10(13-2)11-9(12)3-4-14-11/h3-6,10,13H,1-2H3. The molecular weight excluding hydrogens is 274 g/mol. The van der Waals surface area contributed by atoms with Gasteiger partial charge in [0.05, 0.1) is 16.8 Å². The molecule has 0 aliphatic carbocycles. The van der Waals surface area contributed by atoms with Gasteiger partial charge in [-0.2, -0.15) is 11.3 Å². The van der Waals surface area contributed by atoms with Crippen LogP contribution in [0, 0.1) is 6.92 Å². The third kappa shape index (κ3) is 2.02. The highest BCUT2D eigenvalue weighted by atomic mass is 79.9. The van der Waals surface area contributed by atoms with Crippen molar-refractivity contribution in [3.63, 3.8) is 0 Å². The van der Waals surface area contributed by atoms with Crippen molar-refractivity contribution in [2.75, 3.05) is 7.05 Å². The molecule has 0 fully saturated rings. The molecule has 1 N–H and O–H groups in total. The van der Waals surface area contributed by atoms with E-state index >= 15 is 0 Å². The number of aryl methyl sites for hydroxylation is 1. The fraction of sp³-hybridized carbons (Fsp3) is 0.273. The summed E-state index contributed by atoms with van der Waals surface area (Å²) in [5.41, 5.74) is 2.57. The van der Waals surface area contributed by atoms with Crippen LogP contribution in [-0.2, 0) is 0 Å². The molecule has 0 spiro atoms. The molecule has 80 valence electrons. The molecule has 0 saturated heterocycles. The first-order chi connectivity index (χ1) is 7.24. The highest BCUT2D eigenvalue weighted by Gasteiger charge is 2.20. The zero-order valence-electron chi connectivity index (χ0n) is 8.58. The molecule has 0 bridgehead atoms. The summed E-state index contributed by atoms with van der Waals surface area (Å²) in [4.78, 5) is 0. The molecule has 0 saturated carbocycles. The minimum absolute atomic E-state index is 0.126. The maximum atomic E-state index is 5.49. The molecule has 1 unspecified atom stereocenters. The van der Waals surface area contributed by atoms with Crippen molar-refractivity contribution in [3.8, 4) is 0 Å². The molecule has 0 radical (unpaired) electrons. The molecule has 0 aromatic carbocycles. The van der Waals surface area contributed by atoms with Crippen LogP contribution in [0.3, 0.4) is 0 Å². The summed E-state index contributed by atoms with van der Waals surface area (Å²) in [6.45, 7) is 2.12. The number of hydrogen-bond donors (Lipinski definition) is 1. The monoisotopic (exact) mass is 285 g/mol. The van der Waals surface area contributed by atoms with Crippen molar-refractivity contribution in [3.05, 3.63) is 44.4 Å². The normalized spacial score (nSPS) is 13.0. The highest BCUT2D eigenvalue weighted by molar-refractivity contribution is 9.10. The molecule has 0 amide bonds. The zero-order chi connectivity index (χ0) is 10.8. The van der Waals surface area contributed by atoms with E-state index in [4.69, 9.17) is 4.42 Å². The average molecular weight is 286 g/mol. The SMILES string of the molecule is CNC(c1cscc1C)c1occc1Br. The largest absolute Gasteiger partial charge is 0.466 e. The number of halogens is 1. The molecule has 15 heavy (non-hydrogen) atoms. The van der Waals surface area contributed by atoms with Crippen LogP contribution < -0.4 is 5.32 Å². The first-order valence-electron chi connectivity index (χ1n) is 4.67. The van der Waals surface area contributed by atoms with Gasteiger partial charge in [0.1, 0.15) is 5.76 Å².